The predicted molar refractivity (Wildman–Crippen MR) is 141 cm³/mol. The lowest BCUT2D eigenvalue weighted by atomic mass is 9.97. The van der Waals surface area contributed by atoms with Crippen LogP contribution in [0.25, 0.3) is 6.08 Å². The molecule has 37 heavy (non-hydrogen) atoms. The lowest BCUT2D eigenvalue weighted by Gasteiger charge is -2.23. The lowest BCUT2D eigenvalue weighted by Crippen LogP contribution is -2.50. The Morgan fingerprint density at radius 3 is 2.38 bits per heavy atom. The number of benzene rings is 2. The van der Waals surface area contributed by atoms with Gasteiger partial charge in [-0.15, -0.1) is 0 Å². The van der Waals surface area contributed by atoms with E-state index in [0.717, 1.165) is 11.1 Å². The van der Waals surface area contributed by atoms with Crippen LogP contribution in [-0.2, 0) is 30.3 Å². The fraction of sp³-hybridized carbons (Fsp3) is 0.310. The molecule has 0 bridgehead atoms. The summed E-state index contributed by atoms with van der Waals surface area (Å²) in [7, 11) is 0. The minimum atomic E-state index is -0.869. The van der Waals surface area contributed by atoms with Gasteiger partial charge in [0.25, 0.3) is 0 Å². The number of rotatable bonds is 12. The van der Waals surface area contributed by atoms with Crippen molar-refractivity contribution in [1.29, 1.82) is 0 Å². The zero-order chi connectivity index (χ0) is 26.5. The summed E-state index contributed by atoms with van der Waals surface area (Å²) in [6, 6.07) is 17.3. The van der Waals surface area contributed by atoms with E-state index >= 15 is 0 Å². The fourth-order valence-corrected chi connectivity index (χ4v) is 4.05. The van der Waals surface area contributed by atoms with Crippen LogP contribution in [-0.4, -0.2) is 48.9 Å². The van der Waals surface area contributed by atoms with Gasteiger partial charge in [0.1, 0.15) is 6.04 Å². The highest BCUT2D eigenvalue weighted by Gasteiger charge is 2.29. The topological polar surface area (TPSA) is 114 Å². The zero-order valence-electron chi connectivity index (χ0n) is 20.9. The molecule has 2 aromatic rings. The van der Waals surface area contributed by atoms with E-state index < -0.39 is 29.9 Å². The van der Waals surface area contributed by atoms with Crippen LogP contribution in [0.3, 0.4) is 0 Å². The van der Waals surface area contributed by atoms with Crippen LogP contribution in [0, 0.1) is 5.92 Å². The smallest absolute Gasteiger partial charge is 0.330 e. The van der Waals surface area contributed by atoms with Gasteiger partial charge in [-0.3, -0.25) is 14.4 Å². The molecule has 3 N–H and O–H groups in total. The Morgan fingerprint density at radius 1 is 1.03 bits per heavy atom. The number of hydrogen-bond acceptors (Lipinski definition) is 5. The van der Waals surface area contributed by atoms with E-state index in [1.807, 2.05) is 60.7 Å². The highest BCUT2D eigenvalue weighted by molar-refractivity contribution is 5.95. The van der Waals surface area contributed by atoms with Crippen molar-refractivity contribution in [2.45, 2.75) is 38.3 Å². The summed E-state index contributed by atoms with van der Waals surface area (Å²) in [6.07, 6.45) is 7.11. The van der Waals surface area contributed by atoms with Crippen molar-refractivity contribution in [2.75, 3.05) is 13.2 Å². The monoisotopic (exact) mass is 503 g/mol. The third-order valence-corrected chi connectivity index (χ3v) is 5.92. The van der Waals surface area contributed by atoms with E-state index in [9.17, 15) is 19.2 Å². The average Bonchev–Trinajstić information content (AvgIpc) is 3.31. The number of nitrogens with one attached hydrogen (secondary N) is 3. The van der Waals surface area contributed by atoms with E-state index in [-0.39, 0.29) is 24.9 Å². The molecule has 3 atom stereocenters. The summed E-state index contributed by atoms with van der Waals surface area (Å²) in [5.41, 5.74) is 1.74. The van der Waals surface area contributed by atoms with Gasteiger partial charge in [-0.1, -0.05) is 66.7 Å². The number of carbonyl (C=O) groups is 4. The van der Waals surface area contributed by atoms with Crippen LogP contribution < -0.4 is 16.0 Å². The Labute approximate surface area is 217 Å². The van der Waals surface area contributed by atoms with Gasteiger partial charge in [0.05, 0.1) is 6.61 Å². The van der Waals surface area contributed by atoms with Crippen LogP contribution in [0.1, 0.15) is 30.9 Å². The van der Waals surface area contributed by atoms with Crippen molar-refractivity contribution in [1.82, 2.24) is 16.0 Å². The molecule has 1 saturated heterocycles. The molecule has 3 amide bonds. The van der Waals surface area contributed by atoms with Crippen LogP contribution in [0.5, 0.6) is 0 Å². The van der Waals surface area contributed by atoms with Gasteiger partial charge in [-0.2, -0.15) is 0 Å². The lowest BCUT2D eigenvalue weighted by molar-refractivity contribution is -0.137. The third-order valence-electron chi connectivity index (χ3n) is 5.92. The maximum absolute atomic E-state index is 13.4. The SMILES string of the molecule is CCOC(=O)C=CC(CC1CCNC1=O)NC(=O)C(Cc1ccccc1)NC(=O)C=Cc1ccccc1. The molecule has 8 heteroatoms. The number of esters is 1. The second kappa shape index (κ2) is 14.4. The summed E-state index contributed by atoms with van der Waals surface area (Å²) < 4.78 is 4.95. The Kier molecular flexibility index (Phi) is 10.6. The number of carbonyl (C=O) groups excluding carboxylic acids is 4. The Balaban J connectivity index is 1.75. The maximum atomic E-state index is 13.4. The van der Waals surface area contributed by atoms with Gasteiger partial charge in [-0.05, 0) is 37.0 Å². The molecule has 0 spiro atoms. The van der Waals surface area contributed by atoms with E-state index in [1.165, 1.54) is 18.2 Å². The first-order valence-corrected chi connectivity index (χ1v) is 12.4. The van der Waals surface area contributed by atoms with Crippen molar-refractivity contribution >= 4 is 29.8 Å². The van der Waals surface area contributed by atoms with E-state index in [2.05, 4.69) is 16.0 Å². The molecule has 0 aliphatic carbocycles. The largest absolute Gasteiger partial charge is 0.463 e. The van der Waals surface area contributed by atoms with Crippen molar-refractivity contribution < 1.29 is 23.9 Å². The van der Waals surface area contributed by atoms with Gasteiger partial charge < -0.3 is 20.7 Å². The van der Waals surface area contributed by atoms with Gasteiger partial charge in [0.15, 0.2) is 0 Å². The van der Waals surface area contributed by atoms with E-state index in [1.54, 1.807) is 13.0 Å². The fourth-order valence-electron chi connectivity index (χ4n) is 4.05. The number of hydrogen-bond donors (Lipinski definition) is 3. The molecular formula is C29H33N3O5. The molecule has 3 unspecified atom stereocenters. The third kappa shape index (κ3) is 9.40. The van der Waals surface area contributed by atoms with Gasteiger partial charge in [0, 0.05) is 37.1 Å². The van der Waals surface area contributed by atoms with Gasteiger partial charge >= 0.3 is 5.97 Å². The van der Waals surface area contributed by atoms with E-state index in [0.29, 0.717) is 19.4 Å². The highest BCUT2D eigenvalue weighted by atomic mass is 16.5. The summed E-state index contributed by atoms with van der Waals surface area (Å²) in [6.45, 7) is 2.51. The molecule has 1 aliphatic rings. The molecule has 2 aromatic carbocycles. The second-order valence-electron chi connectivity index (χ2n) is 8.73. The first-order valence-electron chi connectivity index (χ1n) is 12.4. The van der Waals surface area contributed by atoms with Crippen molar-refractivity contribution in [3.05, 3.63) is 90.0 Å². The quantitative estimate of drug-likeness (QED) is 0.304. The minimum Gasteiger partial charge on any atom is -0.463 e. The number of ether oxygens (including phenoxy) is 1. The molecule has 1 fully saturated rings. The average molecular weight is 504 g/mol. The highest BCUT2D eigenvalue weighted by Crippen LogP contribution is 2.17. The maximum Gasteiger partial charge on any atom is 0.330 e. The minimum absolute atomic E-state index is 0.0797. The first-order chi connectivity index (χ1) is 17.9. The van der Waals surface area contributed by atoms with Crippen molar-refractivity contribution in [2.24, 2.45) is 5.92 Å². The standard InChI is InChI=1S/C29H33N3O5/c1-2-37-27(34)16-14-24(20-23-17-18-30-28(23)35)31-29(36)25(19-22-11-7-4-8-12-22)32-26(33)15-13-21-9-5-3-6-10-21/h3-16,23-25H,2,17-20H2,1H3,(H,30,35)(H,31,36)(H,32,33). The van der Waals surface area contributed by atoms with Crippen LogP contribution in [0.2, 0.25) is 0 Å². The van der Waals surface area contributed by atoms with E-state index in [4.69, 9.17) is 4.74 Å². The number of amides is 3. The Morgan fingerprint density at radius 2 is 1.73 bits per heavy atom. The van der Waals surface area contributed by atoms with Crippen LogP contribution in [0.4, 0.5) is 0 Å². The van der Waals surface area contributed by atoms with Crippen LogP contribution >= 0.6 is 0 Å². The summed E-state index contributed by atoms with van der Waals surface area (Å²) in [5, 5.41) is 8.50. The Hall–Kier alpha value is -4.20. The second-order valence-corrected chi connectivity index (χ2v) is 8.73. The van der Waals surface area contributed by atoms with Crippen LogP contribution in [0.15, 0.2) is 78.9 Å². The molecule has 1 aliphatic heterocycles. The normalized spacial score (nSPS) is 16.8. The first kappa shape index (κ1) is 27.4. The predicted octanol–water partition coefficient (Wildman–Crippen LogP) is 2.56. The molecule has 194 valence electrons. The molecular weight excluding hydrogens is 470 g/mol. The van der Waals surface area contributed by atoms with Gasteiger partial charge in [-0.25, -0.2) is 4.79 Å². The van der Waals surface area contributed by atoms with Crippen molar-refractivity contribution in [3.8, 4) is 0 Å². The summed E-state index contributed by atoms with van der Waals surface area (Å²) in [4.78, 5) is 50.1. The van der Waals surface area contributed by atoms with Crippen molar-refractivity contribution in [3.63, 3.8) is 0 Å². The molecule has 3 rings (SSSR count). The Bertz CT molecular complexity index is 1110. The summed E-state index contributed by atoms with van der Waals surface area (Å²) >= 11 is 0. The molecule has 1 heterocycles. The molecule has 0 aromatic heterocycles. The van der Waals surface area contributed by atoms with Gasteiger partial charge in [0.2, 0.25) is 17.7 Å². The molecule has 8 nitrogen and oxygen atoms in total. The zero-order valence-corrected chi connectivity index (χ0v) is 20.9. The summed E-state index contributed by atoms with van der Waals surface area (Å²) in [5.74, 6) is -1.72. The molecule has 0 radical (unpaired) electrons. The molecule has 0 saturated carbocycles.